The number of piperidine rings is 1. The lowest BCUT2D eigenvalue weighted by atomic mass is 9.90. The molecular weight excluding hydrogens is 399 g/mol. The number of halogens is 1. The number of rotatable bonds is 3. The average Bonchev–Trinajstić information content (AvgIpc) is 2.56. The quantitative estimate of drug-likeness (QED) is 0.713. The predicted octanol–water partition coefficient (Wildman–Crippen LogP) is 4.78. The van der Waals surface area contributed by atoms with Crippen LogP contribution < -0.4 is 5.32 Å². The maximum atomic E-state index is 12.4. The van der Waals surface area contributed by atoms with Gasteiger partial charge in [-0.15, -0.1) is 0 Å². The fourth-order valence-corrected chi connectivity index (χ4v) is 3.60. The molecule has 0 radical (unpaired) electrons. The van der Waals surface area contributed by atoms with Crippen LogP contribution in [0.4, 0.5) is 10.5 Å². The van der Waals surface area contributed by atoms with Gasteiger partial charge in [-0.25, -0.2) is 4.79 Å². The van der Waals surface area contributed by atoms with Crippen LogP contribution >= 0.6 is 22.6 Å². The third-order valence-corrected chi connectivity index (χ3v) is 5.02. The standard InChI is InChI=1S/C19H21IN2O/c20-17-7-4-8-18(14-17)21-19(23)22-11-9-16(10-12-22)13-15-5-2-1-3-6-15/h1-8,14,16H,9-13H2,(H,21,23). The van der Waals surface area contributed by atoms with E-state index in [4.69, 9.17) is 0 Å². The van der Waals surface area contributed by atoms with Gasteiger partial charge in [-0.3, -0.25) is 0 Å². The van der Waals surface area contributed by atoms with Crippen LogP contribution in [0.5, 0.6) is 0 Å². The lowest BCUT2D eigenvalue weighted by Gasteiger charge is -2.32. The summed E-state index contributed by atoms with van der Waals surface area (Å²) < 4.78 is 1.13. The number of carbonyl (C=O) groups is 1. The van der Waals surface area contributed by atoms with Crippen LogP contribution in [0.15, 0.2) is 54.6 Å². The van der Waals surface area contributed by atoms with Gasteiger partial charge >= 0.3 is 6.03 Å². The van der Waals surface area contributed by atoms with E-state index in [0.29, 0.717) is 5.92 Å². The molecule has 3 nitrogen and oxygen atoms in total. The monoisotopic (exact) mass is 420 g/mol. The minimum Gasteiger partial charge on any atom is -0.325 e. The van der Waals surface area contributed by atoms with Crippen LogP contribution in [0, 0.1) is 9.49 Å². The Labute approximate surface area is 151 Å². The van der Waals surface area contributed by atoms with Crippen molar-refractivity contribution in [3.63, 3.8) is 0 Å². The molecule has 1 saturated heterocycles. The first kappa shape index (κ1) is 16.3. The first-order valence-electron chi connectivity index (χ1n) is 8.06. The molecule has 0 bridgehead atoms. The van der Waals surface area contributed by atoms with E-state index in [1.54, 1.807) is 0 Å². The molecule has 0 atom stereocenters. The summed E-state index contributed by atoms with van der Waals surface area (Å²) >= 11 is 2.25. The second-order valence-corrected chi connectivity index (χ2v) is 7.31. The zero-order chi connectivity index (χ0) is 16.1. The Morgan fingerprint density at radius 2 is 1.83 bits per heavy atom. The Balaban J connectivity index is 1.49. The molecule has 2 aromatic rings. The van der Waals surface area contributed by atoms with Crippen LogP contribution in [-0.2, 0) is 6.42 Å². The highest BCUT2D eigenvalue weighted by molar-refractivity contribution is 14.1. The fraction of sp³-hybridized carbons (Fsp3) is 0.316. The maximum absolute atomic E-state index is 12.4. The van der Waals surface area contributed by atoms with Crippen molar-refractivity contribution >= 4 is 34.3 Å². The van der Waals surface area contributed by atoms with Crippen molar-refractivity contribution in [2.45, 2.75) is 19.3 Å². The zero-order valence-corrected chi connectivity index (χ0v) is 15.2. The number of urea groups is 1. The molecule has 1 fully saturated rings. The van der Waals surface area contributed by atoms with Crippen LogP contribution in [-0.4, -0.2) is 24.0 Å². The SMILES string of the molecule is O=C(Nc1cccc(I)c1)N1CCC(Cc2ccccc2)CC1. The van der Waals surface area contributed by atoms with Crippen molar-refractivity contribution in [3.8, 4) is 0 Å². The van der Waals surface area contributed by atoms with E-state index in [-0.39, 0.29) is 6.03 Å². The second kappa shape index (κ2) is 7.81. The lowest BCUT2D eigenvalue weighted by Crippen LogP contribution is -2.41. The van der Waals surface area contributed by atoms with E-state index in [1.807, 2.05) is 29.2 Å². The Morgan fingerprint density at radius 1 is 1.09 bits per heavy atom. The van der Waals surface area contributed by atoms with E-state index in [9.17, 15) is 4.79 Å². The number of anilines is 1. The first-order chi connectivity index (χ1) is 11.2. The summed E-state index contributed by atoms with van der Waals surface area (Å²) in [5.74, 6) is 0.680. The van der Waals surface area contributed by atoms with Crippen LogP contribution in [0.25, 0.3) is 0 Å². The molecule has 0 aliphatic carbocycles. The van der Waals surface area contributed by atoms with E-state index < -0.39 is 0 Å². The Bertz CT molecular complexity index is 651. The molecule has 0 saturated carbocycles. The van der Waals surface area contributed by atoms with E-state index in [0.717, 1.165) is 41.6 Å². The third kappa shape index (κ3) is 4.70. The molecule has 2 aromatic carbocycles. The van der Waals surface area contributed by atoms with Crippen molar-refractivity contribution in [2.75, 3.05) is 18.4 Å². The van der Waals surface area contributed by atoms with Crippen molar-refractivity contribution in [3.05, 3.63) is 63.7 Å². The van der Waals surface area contributed by atoms with Gasteiger partial charge in [-0.05, 0) is 71.5 Å². The minimum absolute atomic E-state index is 0.0187. The number of hydrogen-bond acceptors (Lipinski definition) is 1. The number of nitrogens with zero attached hydrogens (tertiary/aromatic N) is 1. The molecule has 1 aliphatic heterocycles. The van der Waals surface area contributed by atoms with Gasteiger partial charge < -0.3 is 10.2 Å². The third-order valence-electron chi connectivity index (χ3n) is 4.34. The van der Waals surface area contributed by atoms with Crippen LogP contribution in [0.3, 0.4) is 0 Å². The smallest absolute Gasteiger partial charge is 0.321 e. The molecule has 120 valence electrons. The van der Waals surface area contributed by atoms with Gasteiger partial charge in [0.25, 0.3) is 0 Å². The van der Waals surface area contributed by atoms with Crippen LogP contribution in [0.2, 0.25) is 0 Å². The molecule has 23 heavy (non-hydrogen) atoms. The molecule has 4 heteroatoms. The fourth-order valence-electron chi connectivity index (χ4n) is 3.06. The summed E-state index contributed by atoms with van der Waals surface area (Å²) in [6.07, 6.45) is 3.27. The Kier molecular flexibility index (Phi) is 5.54. The highest BCUT2D eigenvalue weighted by Gasteiger charge is 2.22. The summed E-state index contributed by atoms with van der Waals surface area (Å²) in [6.45, 7) is 1.68. The highest BCUT2D eigenvalue weighted by atomic mass is 127. The number of amides is 2. The highest BCUT2D eigenvalue weighted by Crippen LogP contribution is 2.22. The lowest BCUT2D eigenvalue weighted by molar-refractivity contribution is 0.182. The largest absolute Gasteiger partial charge is 0.325 e. The Morgan fingerprint density at radius 3 is 2.52 bits per heavy atom. The zero-order valence-electron chi connectivity index (χ0n) is 13.0. The number of nitrogens with one attached hydrogen (secondary N) is 1. The second-order valence-electron chi connectivity index (χ2n) is 6.06. The number of hydrogen-bond donors (Lipinski definition) is 1. The maximum Gasteiger partial charge on any atom is 0.321 e. The molecular formula is C19H21IN2O. The number of likely N-dealkylation sites (tertiary alicyclic amines) is 1. The average molecular weight is 420 g/mol. The molecule has 0 unspecified atom stereocenters. The minimum atomic E-state index is 0.0187. The summed E-state index contributed by atoms with van der Waals surface area (Å²) in [4.78, 5) is 14.3. The topological polar surface area (TPSA) is 32.3 Å². The van der Waals surface area contributed by atoms with Gasteiger partial charge in [-0.2, -0.15) is 0 Å². The first-order valence-corrected chi connectivity index (χ1v) is 9.14. The molecule has 0 aromatic heterocycles. The predicted molar refractivity (Wildman–Crippen MR) is 103 cm³/mol. The number of carbonyl (C=O) groups excluding carboxylic acids is 1. The van der Waals surface area contributed by atoms with E-state index in [1.165, 1.54) is 5.56 Å². The summed E-state index contributed by atoms with van der Waals surface area (Å²) in [6, 6.07) is 18.5. The molecule has 0 spiro atoms. The van der Waals surface area contributed by atoms with Crippen LogP contribution in [0.1, 0.15) is 18.4 Å². The normalized spacial score (nSPS) is 15.4. The molecule has 1 N–H and O–H groups in total. The number of benzene rings is 2. The van der Waals surface area contributed by atoms with Crippen molar-refractivity contribution < 1.29 is 4.79 Å². The summed E-state index contributed by atoms with van der Waals surface area (Å²) in [5, 5.41) is 3.00. The van der Waals surface area contributed by atoms with Crippen molar-refractivity contribution in [2.24, 2.45) is 5.92 Å². The van der Waals surface area contributed by atoms with Gasteiger partial charge in [0, 0.05) is 22.3 Å². The van der Waals surface area contributed by atoms with Gasteiger partial charge in [0.2, 0.25) is 0 Å². The molecule has 2 amide bonds. The molecule has 3 rings (SSSR count). The van der Waals surface area contributed by atoms with Gasteiger partial charge in [-0.1, -0.05) is 36.4 Å². The summed E-state index contributed by atoms with van der Waals surface area (Å²) in [7, 11) is 0. The van der Waals surface area contributed by atoms with Crippen molar-refractivity contribution in [1.82, 2.24) is 4.90 Å². The van der Waals surface area contributed by atoms with E-state index >= 15 is 0 Å². The molecule has 1 heterocycles. The van der Waals surface area contributed by atoms with Gasteiger partial charge in [0.15, 0.2) is 0 Å². The van der Waals surface area contributed by atoms with Gasteiger partial charge in [0.05, 0.1) is 0 Å². The Hall–Kier alpha value is -1.56. The molecule has 1 aliphatic rings. The summed E-state index contributed by atoms with van der Waals surface area (Å²) in [5.41, 5.74) is 2.27. The van der Waals surface area contributed by atoms with Crippen molar-refractivity contribution in [1.29, 1.82) is 0 Å². The van der Waals surface area contributed by atoms with Gasteiger partial charge in [0.1, 0.15) is 0 Å². The van der Waals surface area contributed by atoms with E-state index in [2.05, 4.69) is 58.2 Å².